The van der Waals surface area contributed by atoms with Gasteiger partial charge in [0.15, 0.2) is 0 Å². The van der Waals surface area contributed by atoms with E-state index in [9.17, 15) is 9.13 Å². The van der Waals surface area contributed by atoms with Crippen LogP contribution in [0, 0.1) is 0 Å². The van der Waals surface area contributed by atoms with Crippen molar-refractivity contribution < 1.29 is 28.7 Å². The maximum Gasteiger partial charge on any atom is 0.322 e. The van der Waals surface area contributed by atoms with Crippen molar-refractivity contribution in [2.24, 2.45) is 0 Å². The minimum absolute atomic E-state index is 0. The molecular formula is C2H15Cl5O6P2Sb. The molecular weight excluding hydrogens is 481 g/mol. The molecule has 4 N–H and O–H groups in total. The molecule has 0 aliphatic rings. The van der Waals surface area contributed by atoms with Crippen molar-refractivity contribution in [3.8, 4) is 0 Å². The molecule has 0 aromatic heterocycles. The first-order valence-corrected chi connectivity index (χ1v) is 6.18. The third-order valence-electron chi connectivity index (χ3n) is 0. The van der Waals surface area contributed by atoms with E-state index in [2.05, 4.69) is 0 Å². The average Bonchev–Trinajstić information content (AvgIpc) is 1.12. The molecule has 0 atom stereocenters. The zero-order valence-electron chi connectivity index (χ0n) is 7.99. The second-order valence-corrected chi connectivity index (χ2v) is 5.01. The standard InChI is InChI=1S/2CH5O3P.5ClH.Sb/c2*1-5(2,3)4;;;;;;/h2*1H3,(H2,2,3,4);5*1H;. The first kappa shape index (κ1) is 51.3. The summed E-state index contributed by atoms with van der Waals surface area (Å²) in [6, 6.07) is 0. The zero-order chi connectivity index (χ0) is 9.00. The van der Waals surface area contributed by atoms with Crippen molar-refractivity contribution in [3.63, 3.8) is 0 Å². The van der Waals surface area contributed by atoms with Gasteiger partial charge in [0.25, 0.3) is 0 Å². The smallest absolute Gasteiger partial charge is 0.322 e. The molecule has 0 fully saturated rings. The van der Waals surface area contributed by atoms with Crippen LogP contribution in [0.1, 0.15) is 0 Å². The fourth-order valence-electron chi connectivity index (χ4n) is 0. The monoisotopic (exact) mass is 493 g/mol. The van der Waals surface area contributed by atoms with E-state index in [0.717, 1.165) is 13.3 Å². The van der Waals surface area contributed by atoms with Crippen LogP contribution >= 0.6 is 77.2 Å². The maximum atomic E-state index is 9.33. The van der Waals surface area contributed by atoms with Gasteiger partial charge in [-0.2, -0.15) is 0 Å². The van der Waals surface area contributed by atoms with Crippen molar-refractivity contribution in [2.75, 3.05) is 13.3 Å². The number of rotatable bonds is 0. The summed E-state index contributed by atoms with van der Waals surface area (Å²) in [7, 11) is -7.28. The molecule has 0 aliphatic carbocycles. The zero-order valence-corrected chi connectivity index (χ0v) is 16.4. The largest absolute Gasteiger partial charge is 0.325 e. The summed E-state index contributed by atoms with van der Waals surface area (Å²) in [5, 5.41) is 0. The van der Waals surface area contributed by atoms with E-state index in [1.165, 1.54) is 0 Å². The summed E-state index contributed by atoms with van der Waals surface area (Å²) in [5.74, 6) is 0. The van der Waals surface area contributed by atoms with Crippen LogP contribution in [-0.4, -0.2) is 57.3 Å². The molecule has 0 amide bonds. The number of halogens is 5. The van der Waals surface area contributed by atoms with Gasteiger partial charge in [0.05, 0.1) is 0 Å². The van der Waals surface area contributed by atoms with Crippen LogP contribution < -0.4 is 0 Å². The van der Waals surface area contributed by atoms with E-state index in [1.807, 2.05) is 0 Å². The Labute approximate surface area is 143 Å². The van der Waals surface area contributed by atoms with Gasteiger partial charge in [0, 0.05) is 37.8 Å². The van der Waals surface area contributed by atoms with E-state index < -0.39 is 15.2 Å². The molecule has 0 saturated carbocycles. The van der Waals surface area contributed by atoms with Crippen molar-refractivity contribution in [1.82, 2.24) is 0 Å². The third-order valence-corrected chi connectivity index (χ3v) is 0. The Balaban J connectivity index is -0.00000000970. The van der Waals surface area contributed by atoms with Gasteiger partial charge in [-0.25, -0.2) is 0 Å². The molecule has 0 saturated heterocycles. The van der Waals surface area contributed by atoms with Crippen LogP contribution in [0.4, 0.5) is 0 Å². The van der Waals surface area contributed by atoms with E-state index in [-0.39, 0.29) is 86.5 Å². The molecule has 3 radical (unpaired) electrons. The molecule has 0 aromatic rings. The second-order valence-electron chi connectivity index (χ2n) is 1.67. The van der Waals surface area contributed by atoms with Crippen molar-refractivity contribution in [1.29, 1.82) is 0 Å². The summed E-state index contributed by atoms with van der Waals surface area (Å²) < 4.78 is 18.7. The summed E-state index contributed by atoms with van der Waals surface area (Å²) in [5.41, 5.74) is 0. The van der Waals surface area contributed by atoms with Crippen LogP contribution in [-0.2, 0) is 9.13 Å². The number of hydrogen-bond acceptors (Lipinski definition) is 2. The Hall–Kier alpha value is 2.57. The molecule has 14 heteroatoms. The molecule has 6 nitrogen and oxygen atoms in total. The minimum atomic E-state index is -3.64. The fraction of sp³-hybridized carbons (Fsp3) is 1.00. The van der Waals surface area contributed by atoms with Gasteiger partial charge in [-0.1, -0.05) is 0 Å². The Kier molecular flexibility index (Phi) is 72.9. The molecule has 0 aliphatic heterocycles. The van der Waals surface area contributed by atoms with Crippen molar-refractivity contribution in [3.05, 3.63) is 0 Å². The van der Waals surface area contributed by atoms with Gasteiger partial charge in [-0.05, 0) is 0 Å². The first-order chi connectivity index (χ1) is 4.00. The predicted octanol–water partition coefficient (Wildman–Crippen LogP) is 1.32. The Morgan fingerprint density at radius 3 is 0.625 bits per heavy atom. The van der Waals surface area contributed by atoms with Crippen LogP contribution in [0.3, 0.4) is 0 Å². The van der Waals surface area contributed by atoms with Crippen LogP contribution in [0.15, 0.2) is 0 Å². The summed E-state index contributed by atoms with van der Waals surface area (Å²) in [6.07, 6.45) is 0. The van der Waals surface area contributed by atoms with Gasteiger partial charge >= 0.3 is 15.2 Å². The normalized spacial score (nSPS) is 7.38. The third kappa shape index (κ3) is 609. The summed E-state index contributed by atoms with van der Waals surface area (Å²) >= 11 is 0. The molecule has 109 valence electrons. The van der Waals surface area contributed by atoms with Gasteiger partial charge in [0.1, 0.15) is 0 Å². The molecule has 0 spiro atoms. The van der Waals surface area contributed by atoms with Gasteiger partial charge in [-0.3, -0.25) is 9.13 Å². The molecule has 16 heavy (non-hydrogen) atoms. The SMILES string of the molecule is CP(=O)(O)O.CP(=O)(O)O.Cl.Cl.Cl.Cl.Cl.[Sb]. The Bertz CT molecular complexity index is 145. The summed E-state index contributed by atoms with van der Waals surface area (Å²) in [4.78, 5) is 30.5. The molecule has 0 heterocycles. The quantitative estimate of drug-likeness (QED) is 0.297. The minimum Gasteiger partial charge on any atom is -0.325 e. The first-order valence-electron chi connectivity index (χ1n) is 2.06. The second kappa shape index (κ2) is 22.7. The number of hydrogen-bond donors (Lipinski definition) is 4. The Morgan fingerprint density at radius 2 is 0.625 bits per heavy atom. The van der Waals surface area contributed by atoms with E-state index in [0.29, 0.717) is 0 Å². The van der Waals surface area contributed by atoms with Gasteiger partial charge in [0.2, 0.25) is 0 Å². The van der Waals surface area contributed by atoms with Gasteiger partial charge in [-0.15, -0.1) is 62.0 Å². The van der Waals surface area contributed by atoms with E-state index in [4.69, 9.17) is 19.6 Å². The predicted molar refractivity (Wildman–Crippen MR) is 77.9 cm³/mol. The van der Waals surface area contributed by atoms with Gasteiger partial charge < -0.3 is 19.6 Å². The Morgan fingerprint density at radius 1 is 0.625 bits per heavy atom. The maximum absolute atomic E-state index is 9.33. The van der Waals surface area contributed by atoms with Crippen LogP contribution in [0.25, 0.3) is 0 Å². The van der Waals surface area contributed by atoms with E-state index >= 15 is 0 Å². The molecule has 0 rings (SSSR count). The van der Waals surface area contributed by atoms with Crippen molar-refractivity contribution >= 4 is 102 Å². The fourth-order valence-corrected chi connectivity index (χ4v) is 0. The average molecular weight is 496 g/mol. The molecule has 0 bridgehead atoms. The van der Waals surface area contributed by atoms with Crippen molar-refractivity contribution in [2.45, 2.75) is 0 Å². The van der Waals surface area contributed by atoms with Crippen LogP contribution in [0.5, 0.6) is 0 Å². The summed E-state index contributed by atoms with van der Waals surface area (Å²) in [6.45, 7) is 1.71. The van der Waals surface area contributed by atoms with E-state index in [1.54, 1.807) is 0 Å². The topological polar surface area (TPSA) is 115 Å². The molecule has 0 aromatic carbocycles. The van der Waals surface area contributed by atoms with Crippen LogP contribution in [0.2, 0.25) is 0 Å². The molecule has 0 unspecified atom stereocenters.